The third kappa shape index (κ3) is 6.28. The second-order valence-corrected chi connectivity index (χ2v) is 9.05. The molecule has 3 aromatic carbocycles. The maximum Gasteiger partial charge on any atom is 0.335 e. The van der Waals surface area contributed by atoms with Gasteiger partial charge in [0.2, 0.25) is 0 Å². The SMILES string of the molecule is C=C(c1ccc(C(=O)O)cc1NCc1ccc(OCc2ccccc2)cc1)C1CCCCCC1. The molecule has 1 saturated carbocycles. The molecule has 0 amide bonds. The van der Waals surface area contributed by atoms with E-state index in [1.165, 1.54) is 25.7 Å². The molecule has 4 rings (SSSR count). The summed E-state index contributed by atoms with van der Waals surface area (Å²) in [4.78, 5) is 11.6. The van der Waals surface area contributed by atoms with Crippen LogP contribution in [0.25, 0.3) is 5.57 Å². The number of hydrogen-bond donors (Lipinski definition) is 2. The van der Waals surface area contributed by atoms with E-state index in [9.17, 15) is 9.90 Å². The van der Waals surface area contributed by atoms with E-state index in [-0.39, 0.29) is 5.56 Å². The highest BCUT2D eigenvalue weighted by Gasteiger charge is 2.19. The molecule has 0 unspecified atom stereocenters. The molecule has 1 fully saturated rings. The summed E-state index contributed by atoms with van der Waals surface area (Å²) in [5.74, 6) is 0.359. The quantitative estimate of drug-likeness (QED) is 0.327. The minimum absolute atomic E-state index is 0.282. The van der Waals surface area contributed by atoms with E-state index in [0.717, 1.165) is 46.5 Å². The third-order valence-corrected chi connectivity index (χ3v) is 6.62. The number of nitrogens with one attached hydrogen (secondary N) is 1. The number of carbonyl (C=O) groups is 1. The van der Waals surface area contributed by atoms with Crippen LogP contribution in [0.1, 0.15) is 65.6 Å². The summed E-state index contributed by atoms with van der Waals surface area (Å²) in [6, 6.07) is 23.4. The summed E-state index contributed by atoms with van der Waals surface area (Å²) in [5, 5.41) is 13.0. The number of carboxylic acid groups (broad SMARTS) is 1. The van der Waals surface area contributed by atoms with Gasteiger partial charge in [-0.25, -0.2) is 4.79 Å². The Balaban J connectivity index is 1.44. The van der Waals surface area contributed by atoms with Crippen molar-refractivity contribution in [2.45, 2.75) is 51.7 Å². The van der Waals surface area contributed by atoms with Crippen LogP contribution in [0.2, 0.25) is 0 Å². The molecule has 4 nitrogen and oxygen atoms in total. The minimum Gasteiger partial charge on any atom is -0.489 e. The van der Waals surface area contributed by atoms with Gasteiger partial charge in [0.15, 0.2) is 0 Å². The van der Waals surface area contributed by atoms with Crippen LogP contribution in [-0.2, 0) is 13.2 Å². The normalized spacial score (nSPS) is 14.2. The Kier molecular flexibility index (Phi) is 8.03. The van der Waals surface area contributed by atoms with Crippen LogP contribution in [0.15, 0.2) is 79.4 Å². The predicted octanol–water partition coefficient (Wildman–Crippen LogP) is 7.56. The van der Waals surface area contributed by atoms with Gasteiger partial charge in [-0.05, 0) is 59.7 Å². The van der Waals surface area contributed by atoms with Crippen LogP contribution in [0, 0.1) is 5.92 Å². The van der Waals surface area contributed by atoms with Crippen molar-refractivity contribution in [3.05, 3.63) is 102 Å². The lowest BCUT2D eigenvalue weighted by atomic mass is 9.87. The van der Waals surface area contributed by atoms with E-state index in [2.05, 4.69) is 11.9 Å². The highest BCUT2D eigenvalue weighted by atomic mass is 16.5. The number of rotatable bonds is 9. The van der Waals surface area contributed by atoms with Gasteiger partial charge in [0.25, 0.3) is 0 Å². The number of hydrogen-bond acceptors (Lipinski definition) is 3. The molecule has 0 aromatic heterocycles. The van der Waals surface area contributed by atoms with Crippen LogP contribution >= 0.6 is 0 Å². The molecule has 0 atom stereocenters. The van der Waals surface area contributed by atoms with Gasteiger partial charge in [-0.15, -0.1) is 0 Å². The molecule has 2 N–H and O–H groups in total. The van der Waals surface area contributed by atoms with E-state index >= 15 is 0 Å². The van der Waals surface area contributed by atoms with Crippen LogP contribution in [-0.4, -0.2) is 11.1 Å². The van der Waals surface area contributed by atoms with E-state index in [4.69, 9.17) is 4.74 Å². The van der Waals surface area contributed by atoms with E-state index < -0.39 is 5.97 Å². The Morgan fingerprint density at radius 2 is 1.62 bits per heavy atom. The Morgan fingerprint density at radius 1 is 0.912 bits per heavy atom. The zero-order valence-corrected chi connectivity index (χ0v) is 19.6. The fourth-order valence-corrected chi connectivity index (χ4v) is 4.59. The highest BCUT2D eigenvalue weighted by molar-refractivity contribution is 5.91. The van der Waals surface area contributed by atoms with E-state index in [1.807, 2.05) is 60.7 Å². The lowest BCUT2D eigenvalue weighted by Crippen LogP contribution is -2.08. The Bertz CT molecular complexity index is 1100. The van der Waals surface area contributed by atoms with Gasteiger partial charge in [0, 0.05) is 17.8 Å². The Hall–Kier alpha value is -3.53. The van der Waals surface area contributed by atoms with Crippen molar-refractivity contribution in [2.24, 2.45) is 5.92 Å². The number of anilines is 1. The first-order valence-electron chi connectivity index (χ1n) is 12.2. The number of allylic oxidation sites excluding steroid dienone is 1. The van der Waals surface area contributed by atoms with Crippen molar-refractivity contribution >= 4 is 17.2 Å². The average Bonchev–Trinajstić information content (AvgIpc) is 3.16. The van der Waals surface area contributed by atoms with Crippen LogP contribution < -0.4 is 10.1 Å². The summed E-state index contributed by atoms with van der Waals surface area (Å²) in [6.45, 7) is 5.56. The fourth-order valence-electron chi connectivity index (χ4n) is 4.59. The first-order chi connectivity index (χ1) is 16.6. The fraction of sp³-hybridized carbons (Fsp3) is 0.300. The number of ether oxygens (including phenoxy) is 1. The summed E-state index contributed by atoms with van der Waals surface area (Å²) < 4.78 is 5.88. The lowest BCUT2D eigenvalue weighted by Gasteiger charge is -2.21. The molecule has 0 radical (unpaired) electrons. The zero-order valence-electron chi connectivity index (χ0n) is 19.6. The van der Waals surface area contributed by atoms with E-state index in [0.29, 0.717) is 19.1 Å². The molecule has 1 aliphatic carbocycles. The smallest absolute Gasteiger partial charge is 0.335 e. The summed E-state index contributed by atoms with van der Waals surface area (Å²) in [6.07, 6.45) is 7.36. The van der Waals surface area contributed by atoms with E-state index in [1.54, 1.807) is 12.1 Å². The molecule has 0 heterocycles. The molecular weight excluding hydrogens is 422 g/mol. The third-order valence-electron chi connectivity index (χ3n) is 6.62. The van der Waals surface area contributed by atoms with Gasteiger partial charge in [0.05, 0.1) is 5.56 Å². The van der Waals surface area contributed by atoms with Crippen LogP contribution in [0.4, 0.5) is 5.69 Å². The molecule has 0 saturated heterocycles. The van der Waals surface area contributed by atoms with Crippen molar-refractivity contribution in [1.29, 1.82) is 0 Å². The van der Waals surface area contributed by atoms with Gasteiger partial charge in [-0.2, -0.15) is 0 Å². The first-order valence-corrected chi connectivity index (χ1v) is 12.2. The van der Waals surface area contributed by atoms with Gasteiger partial charge < -0.3 is 15.2 Å². The van der Waals surface area contributed by atoms with Gasteiger partial charge in [-0.1, -0.05) is 80.8 Å². The van der Waals surface area contributed by atoms with Crippen molar-refractivity contribution in [3.8, 4) is 5.75 Å². The van der Waals surface area contributed by atoms with Gasteiger partial charge in [-0.3, -0.25) is 0 Å². The molecule has 3 aromatic rings. The molecule has 34 heavy (non-hydrogen) atoms. The van der Waals surface area contributed by atoms with Crippen LogP contribution in [0.3, 0.4) is 0 Å². The highest BCUT2D eigenvalue weighted by Crippen LogP contribution is 2.37. The molecule has 176 valence electrons. The molecule has 0 spiro atoms. The topological polar surface area (TPSA) is 58.6 Å². The summed E-state index contributed by atoms with van der Waals surface area (Å²) >= 11 is 0. The second kappa shape index (κ2) is 11.6. The van der Waals surface area contributed by atoms with Crippen molar-refractivity contribution in [1.82, 2.24) is 0 Å². The lowest BCUT2D eigenvalue weighted by molar-refractivity contribution is 0.0697. The van der Waals surface area contributed by atoms with Gasteiger partial charge in [0.1, 0.15) is 12.4 Å². The van der Waals surface area contributed by atoms with Crippen molar-refractivity contribution in [2.75, 3.05) is 5.32 Å². The molecular formula is C30H33NO3. The van der Waals surface area contributed by atoms with Crippen LogP contribution in [0.5, 0.6) is 5.75 Å². The monoisotopic (exact) mass is 455 g/mol. The maximum atomic E-state index is 11.6. The maximum absolute atomic E-state index is 11.6. The standard InChI is InChI=1S/C30H33NO3/c1-22(25-11-7-2-3-8-12-25)28-18-15-26(30(32)33)19-29(28)31-20-23-13-16-27(17-14-23)34-21-24-9-5-4-6-10-24/h4-6,9-10,13-19,25,31H,1-3,7-8,11-12,20-21H2,(H,32,33). The van der Waals surface area contributed by atoms with Crippen molar-refractivity contribution < 1.29 is 14.6 Å². The zero-order chi connectivity index (χ0) is 23.8. The summed E-state index contributed by atoms with van der Waals surface area (Å²) in [7, 11) is 0. The second-order valence-electron chi connectivity index (χ2n) is 9.05. The first kappa shape index (κ1) is 23.6. The minimum atomic E-state index is -0.922. The average molecular weight is 456 g/mol. The molecule has 1 aliphatic rings. The van der Waals surface area contributed by atoms with Crippen molar-refractivity contribution in [3.63, 3.8) is 0 Å². The Morgan fingerprint density at radius 3 is 2.29 bits per heavy atom. The number of benzene rings is 3. The molecule has 0 bridgehead atoms. The molecule has 0 aliphatic heterocycles. The number of aromatic carboxylic acids is 1. The Labute approximate surface area is 202 Å². The number of carboxylic acids is 1. The van der Waals surface area contributed by atoms with Gasteiger partial charge >= 0.3 is 5.97 Å². The largest absolute Gasteiger partial charge is 0.489 e. The molecule has 4 heteroatoms. The summed E-state index contributed by atoms with van der Waals surface area (Å²) in [5.41, 5.74) is 5.49. The predicted molar refractivity (Wildman–Crippen MR) is 138 cm³/mol.